The number of aromatic nitrogens is 3. The maximum absolute atomic E-state index is 11.9. The molecule has 0 aliphatic carbocycles. The third kappa shape index (κ3) is 4.67. The van der Waals surface area contributed by atoms with E-state index in [-0.39, 0.29) is 5.91 Å². The van der Waals surface area contributed by atoms with E-state index in [1.165, 1.54) is 4.90 Å². The van der Waals surface area contributed by atoms with Gasteiger partial charge in [0.15, 0.2) is 0 Å². The van der Waals surface area contributed by atoms with E-state index < -0.39 is 0 Å². The van der Waals surface area contributed by atoms with Crippen LogP contribution in [0.4, 0.5) is 0 Å². The highest BCUT2D eigenvalue weighted by atomic mass is 32.2. The van der Waals surface area contributed by atoms with Gasteiger partial charge < -0.3 is 5.32 Å². The van der Waals surface area contributed by atoms with Crippen molar-refractivity contribution in [2.45, 2.75) is 17.9 Å². The third-order valence-electron chi connectivity index (χ3n) is 3.08. The number of amides is 1. The zero-order valence-corrected chi connectivity index (χ0v) is 14.0. The molecular weight excluding hydrogens is 328 g/mol. The molecule has 3 aromatic rings. The molecule has 1 aromatic carbocycles. The van der Waals surface area contributed by atoms with Gasteiger partial charge in [0.05, 0.1) is 12.7 Å². The van der Waals surface area contributed by atoms with Crippen molar-refractivity contribution in [3.8, 4) is 5.00 Å². The molecule has 0 fully saturated rings. The number of nitrogens with one attached hydrogen (secondary N) is 1. The molecule has 5 nitrogen and oxygen atoms in total. The number of hydrogen-bond acceptors (Lipinski definition) is 5. The molecule has 0 atom stereocenters. The van der Waals surface area contributed by atoms with Crippen molar-refractivity contribution in [1.82, 2.24) is 20.3 Å². The number of thiophene rings is 1. The fourth-order valence-electron chi connectivity index (χ4n) is 1.94. The van der Waals surface area contributed by atoms with Gasteiger partial charge in [-0.15, -0.1) is 28.2 Å². The van der Waals surface area contributed by atoms with Gasteiger partial charge in [-0.2, -0.15) is 0 Å². The summed E-state index contributed by atoms with van der Waals surface area (Å²) in [6.45, 7) is 0.403. The van der Waals surface area contributed by atoms with Crippen LogP contribution in [0, 0.1) is 0 Å². The largest absolute Gasteiger partial charge is 0.350 e. The minimum Gasteiger partial charge on any atom is -0.350 e. The summed E-state index contributed by atoms with van der Waals surface area (Å²) in [5.41, 5.74) is 0.752. The highest BCUT2D eigenvalue weighted by Gasteiger charge is 2.06. The molecule has 23 heavy (non-hydrogen) atoms. The summed E-state index contributed by atoms with van der Waals surface area (Å²) in [4.78, 5) is 13.0. The summed E-state index contributed by atoms with van der Waals surface area (Å²) in [6.07, 6.45) is 2.32. The second-order valence-electron chi connectivity index (χ2n) is 4.79. The molecule has 1 N–H and O–H groups in total. The SMILES string of the molecule is O=C(CCSc1ccccc1)NCc1cn(-c2cccs2)nn1. The molecule has 0 aliphatic heterocycles. The number of carbonyl (C=O) groups excluding carboxylic acids is 1. The van der Waals surface area contributed by atoms with Crippen molar-refractivity contribution in [2.24, 2.45) is 0 Å². The molecule has 7 heteroatoms. The van der Waals surface area contributed by atoms with Crippen molar-refractivity contribution in [3.05, 3.63) is 59.7 Å². The first-order valence-electron chi connectivity index (χ1n) is 7.21. The Labute approximate surface area is 142 Å². The van der Waals surface area contributed by atoms with E-state index in [9.17, 15) is 4.79 Å². The lowest BCUT2D eigenvalue weighted by atomic mass is 10.4. The summed E-state index contributed by atoms with van der Waals surface area (Å²) in [5, 5.41) is 14.0. The van der Waals surface area contributed by atoms with Gasteiger partial charge in [0.1, 0.15) is 10.7 Å². The van der Waals surface area contributed by atoms with Crippen LogP contribution in [0.25, 0.3) is 5.00 Å². The molecule has 2 heterocycles. The number of nitrogens with zero attached hydrogens (tertiary/aromatic N) is 3. The van der Waals surface area contributed by atoms with Crippen molar-refractivity contribution >= 4 is 29.0 Å². The van der Waals surface area contributed by atoms with Crippen molar-refractivity contribution in [3.63, 3.8) is 0 Å². The smallest absolute Gasteiger partial charge is 0.221 e. The van der Waals surface area contributed by atoms with Crippen molar-refractivity contribution in [1.29, 1.82) is 0 Å². The molecule has 118 valence electrons. The van der Waals surface area contributed by atoms with Gasteiger partial charge in [0.25, 0.3) is 0 Å². The van der Waals surface area contributed by atoms with Gasteiger partial charge >= 0.3 is 0 Å². The summed E-state index contributed by atoms with van der Waals surface area (Å²) in [7, 11) is 0. The highest BCUT2D eigenvalue weighted by molar-refractivity contribution is 7.99. The van der Waals surface area contributed by atoms with Gasteiger partial charge in [-0.3, -0.25) is 4.79 Å². The predicted molar refractivity (Wildman–Crippen MR) is 92.9 cm³/mol. The standard InChI is InChI=1S/C16H16N4OS2/c21-15(8-10-22-14-5-2-1-3-6-14)17-11-13-12-20(19-18-13)16-7-4-9-23-16/h1-7,9,12H,8,10-11H2,(H,17,21). The number of hydrogen-bond donors (Lipinski definition) is 1. The molecule has 1 amide bonds. The predicted octanol–water partition coefficient (Wildman–Crippen LogP) is 3.13. The number of carbonyl (C=O) groups is 1. The number of rotatable bonds is 7. The van der Waals surface area contributed by atoms with Crippen molar-refractivity contribution < 1.29 is 4.79 Å². The Balaban J connectivity index is 1.41. The van der Waals surface area contributed by atoms with Gasteiger partial charge in [0.2, 0.25) is 5.91 Å². The molecule has 2 aromatic heterocycles. The maximum atomic E-state index is 11.9. The highest BCUT2D eigenvalue weighted by Crippen LogP contribution is 2.17. The fourth-order valence-corrected chi connectivity index (χ4v) is 3.47. The molecular formula is C16H16N4OS2. The molecule has 0 unspecified atom stereocenters. The van der Waals surface area contributed by atoms with Crippen LogP contribution >= 0.6 is 23.1 Å². The molecule has 0 aliphatic rings. The first-order valence-corrected chi connectivity index (χ1v) is 9.07. The minimum absolute atomic E-state index is 0.0269. The number of benzene rings is 1. The number of thioether (sulfide) groups is 1. The summed E-state index contributed by atoms with van der Waals surface area (Å²) < 4.78 is 1.72. The summed E-state index contributed by atoms with van der Waals surface area (Å²) in [6, 6.07) is 14.0. The minimum atomic E-state index is 0.0269. The van der Waals surface area contributed by atoms with Crippen molar-refractivity contribution in [2.75, 3.05) is 5.75 Å². The maximum Gasteiger partial charge on any atom is 0.221 e. The Hall–Kier alpha value is -2.12. The lowest BCUT2D eigenvalue weighted by Crippen LogP contribution is -2.23. The second-order valence-corrected chi connectivity index (χ2v) is 6.89. The lowest BCUT2D eigenvalue weighted by Gasteiger charge is -2.03. The van der Waals surface area contributed by atoms with Crippen LogP contribution in [0.1, 0.15) is 12.1 Å². The molecule has 0 bridgehead atoms. The Morgan fingerprint density at radius 3 is 2.87 bits per heavy atom. The van der Waals surface area contributed by atoms with E-state index >= 15 is 0 Å². The van der Waals surface area contributed by atoms with E-state index in [0.717, 1.165) is 16.4 Å². The topological polar surface area (TPSA) is 59.8 Å². The Morgan fingerprint density at radius 2 is 2.09 bits per heavy atom. The first-order chi connectivity index (χ1) is 11.3. The summed E-state index contributed by atoms with van der Waals surface area (Å²) >= 11 is 3.27. The normalized spacial score (nSPS) is 10.6. The Kier molecular flexibility index (Phi) is 5.44. The summed E-state index contributed by atoms with van der Waals surface area (Å²) in [5.74, 6) is 0.789. The van der Waals surface area contributed by atoms with E-state index in [0.29, 0.717) is 13.0 Å². The van der Waals surface area contributed by atoms with Crippen LogP contribution in [-0.2, 0) is 11.3 Å². The molecule has 0 spiro atoms. The van der Waals surface area contributed by atoms with E-state index in [2.05, 4.69) is 15.6 Å². The fraction of sp³-hybridized carbons (Fsp3) is 0.188. The zero-order chi connectivity index (χ0) is 15.9. The van der Waals surface area contributed by atoms with E-state index in [4.69, 9.17) is 0 Å². The van der Waals surface area contributed by atoms with Gasteiger partial charge in [-0.1, -0.05) is 23.4 Å². The van der Waals surface area contributed by atoms with Gasteiger partial charge in [0, 0.05) is 17.1 Å². The second kappa shape index (κ2) is 7.94. The lowest BCUT2D eigenvalue weighted by molar-refractivity contribution is -0.120. The quantitative estimate of drug-likeness (QED) is 0.669. The third-order valence-corrected chi connectivity index (χ3v) is 4.95. The van der Waals surface area contributed by atoms with Crippen LogP contribution in [0.15, 0.2) is 58.9 Å². The van der Waals surface area contributed by atoms with Gasteiger partial charge in [-0.05, 0) is 29.6 Å². The Morgan fingerprint density at radius 1 is 1.22 bits per heavy atom. The van der Waals surface area contributed by atoms with E-state index in [1.807, 2.05) is 54.0 Å². The molecule has 3 rings (SSSR count). The molecule has 0 saturated carbocycles. The average molecular weight is 344 g/mol. The van der Waals surface area contributed by atoms with Crippen LogP contribution in [0.5, 0.6) is 0 Å². The first kappa shape index (κ1) is 15.8. The van der Waals surface area contributed by atoms with Gasteiger partial charge in [-0.25, -0.2) is 4.68 Å². The molecule has 0 saturated heterocycles. The van der Waals surface area contributed by atoms with Crippen LogP contribution in [0.3, 0.4) is 0 Å². The Bertz CT molecular complexity index is 741. The molecule has 0 radical (unpaired) electrons. The van der Waals surface area contributed by atoms with E-state index in [1.54, 1.807) is 27.8 Å². The van der Waals surface area contributed by atoms with Crippen LogP contribution in [0.2, 0.25) is 0 Å². The van der Waals surface area contributed by atoms with Crippen LogP contribution in [-0.4, -0.2) is 26.7 Å². The average Bonchev–Trinajstić information content (AvgIpc) is 3.25. The zero-order valence-electron chi connectivity index (χ0n) is 12.4. The van der Waals surface area contributed by atoms with Crippen LogP contribution < -0.4 is 5.32 Å². The monoisotopic (exact) mass is 344 g/mol.